The van der Waals surface area contributed by atoms with E-state index >= 15 is 0 Å². The predicted octanol–water partition coefficient (Wildman–Crippen LogP) is 2.50. The topological polar surface area (TPSA) is 29.5 Å². The number of benzene rings is 1. The molecule has 0 saturated heterocycles. The first-order chi connectivity index (χ1) is 9.35. The Morgan fingerprint density at radius 3 is 2.40 bits per heavy atom. The highest BCUT2D eigenvalue weighted by molar-refractivity contribution is 6.32. The molecule has 0 aromatic heterocycles. The van der Waals surface area contributed by atoms with Gasteiger partial charge in [-0.15, -0.1) is 0 Å². The van der Waals surface area contributed by atoms with E-state index in [1.165, 1.54) is 11.1 Å². The largest absolute Gasteiger partial charge is 0.444 e. The molecular formula is C16H20BNO2. The van der Waals surface area contributed by atoms with Crippen LogP contribution in [0.15, 0.2) is 30.3 Å². The lowest BCUT2D eigenvalue weighted by molar-refractivity contribution is 0.0270. The zero-order chi connectivity index (χ0) is 14.8. The lowest BCUT2D eigenvalue weighted by Crippen LogP contribution is -2.39. The first kappa shape index (κ1) is 14.7. The molecule has 1 heterocycles. The van der Waals surface area contributed by atoms with Crippen LogP contribution in [0.5, 0.6) is 0 Å². The van der Waals surface area contributed by atoms with Crippen LogP contribution in [0, 0.1) is 0 Å². The molecule has 0 N–H and O–H groups in total. The number of hydrogen-bond donors (Lipinski definition) is 0. The predicted molar refractivity (Wildman–Crippen MR) is 82.2 cm³/mol. The maximum Gasteiger partial charge on any atom is 0.410 e. The van der Waals surface area contributed by atoms with Crippen molar-refractivity contribution >= 4 is 25.0 Å². The van der Waals surface area contributed by atoms with Crippen LogP contribution in [-0.2, 0) is 4.74 Å². The molecule has 1 amide bonds. The number of nitrogens with zero attached hydrogens (tertiary/aromatic N) is 1. The van der Waals surface area contributed by atoms with E-state index in [0.29, 0.717) is 13.1 Å². The summed E-state index contributed by atoms with van der Waals surface area (Å²) in [6, 6.07) is 7.83. The molecule has 0 spiro atoms. The lowest BCUT2D eigenvalue weighted by Gasteiger charge is -2.29. The van der Waals surface area contributed by atoms with Gasteiger partial charge >= 0.3 is 6.09 Å². The molecule has 1 aliphatic rings. The quantitative estimate of drug-likeness (QED) is 0.733. The fourth-order valence-electron chi connectivity index (χ4n) is 2.12. The average Bonchev–Trinajstić information content (AvgIpc) is 2.38. The zero-order valence-corrected chi connectivity index (χ0v) is 12.3. The second kappa shape index (κ2) is 5.74. The minimum absolute atomic E-state index is 0.245. The van der Waals surface area contributed by atoms with Crippen LogP contribution < -0.4 is 5.46 Å². The Balaban J connectivity index is 2.00. The molecule has 4 heteroatoms. The van der Waals surface area contributed by atoms with Gasteiger partial charge in [-0.05, 0) is 38.3 Å². The van der Waals surface area contributed by atoms with E-state index in [-0.39, 0.29) is 6.09 Å². The van der Waals surface area contributed by atoms with Gasteiger partial charge < -0.3 is 9.64 Å². The van der Waals surface area contributed by atoms with E-state index in [0.717, 1.165) is 11.9 Å². The summed E-state index contributed by atoms with van der Waals surface area (Å²) < 4.78 is 5.38. The van der Waals surface area contributed by atoms with Gasteiger partial charge in [0.05, 0.1) is 0 Å². The lowest BCUT2D eigenvalue weighted by atomic mass is 9.92. The summed E-state index contributed by atoms with van der Waals surface area (Å²) in [4.78, 5) is 13.7. The van der Waals surface area contributed by atoms with Gasteiger partial charge in [-0.3, -0.25) is 0 Å². The molecule has 0 saturated carbocycles. The van der Waals surface area contributed by atoms with Crippen molar-refractivity contribution < 1.29 is 9.53 Å². The molecule has 1 aliphatic heterocycles. The van der Waals surface area contributed by atoms with E-state index in [9.17, 15) is 4.79 Å². The summed E-state index contributed by atoms with van der Waals surface area (Å²) in [5.41, 5.74) is 2.74. The highest BCUT2D eigenvalue weighted by atomic mass is 16.6. The van der Waals surface area contributed by atoms with E-state index in [1.54, 1.807) is 4.90 Å². The van der Waals surface area contributed by atoms with Crippen LogP contribution in [0.1, 0.15) is 32.8 Å². The second-order valence-electron chi connectivity index (χ2n) is 6.03. The molecular weight excluding hydrogens is 249 g/mol. The minimum Gasteiger partial charge on any atom is -0.444 e. The van der Waals surface area contributed by atoms with Crippen LogP contribution in [0.2, 0.25) is 0 Å². The van der Waals surface area contributed by atoms with Crippen LogP contribution in [0.3, 0.4) is 0 Å². The van der Waals surface area contributed by atoms with Crippen molar-refractivity contribution in [3.63, 3.8) is 0 Å². The third kappa shape index (κ3) is 3.89. The van der Waals surface area contributed by atoms with Crippen molar-refractivity contribution in [2.24, 2.45) is 0 Å². The van der Waals surface area contributed by atoms with Gasteiger partial charge in [0.2, 0.25) is 0 Å². The van der Waals surface area contributed by atoms with Gasteiger partial charge in [0.1, 0.15) is 13.4 Å². The Hall–Kier alpha value is -1.71. The van der Waals surface area contributed by atoms with Gasteiger partial charge in [-0.25, -0.2) is 4.79 Å². The highest BCUT2D eigenvalue weighted by Gasteiger charge is 2.23. The second-order valence-corrected chi connectivity index (χ2v) is 6.03. The number of ether oxygens (including phenoxy) is 1. The summed E-state index contributed by atoms with van der Waals surface area (Å²) in [5.74, 6) is 0. The monoisotopic (exact) mass is 269 g/mol. The third-order valence-corrected chi connectivity index (χ3v) is 3.14. The summed E-state index contributed by atoms with van der Waals surface area (Å²) >= 11 is 0. The molecule has 2 rings (SSSR count). The molecule has 0 unspecified atom stereocenters. The maximum atomic E-state index is 12.0. The molecule has 0 atom stereocenters. The third-order valence-electron chi connectivity index (χ3n) is 3.14. The summed E-state index contributed by atoms with van der Waals surface area (Å²) in [6.07, 6.45) is 2.67. The normalized spacial score (nSPS) is 15.8. The van der Waals surface area contributed by atoms with Crippen molar-refractivity contribution in [2.75, 3.05) is 13.1 Å². The van der Waals surface area contributed by atoms with Gasteiger partial charge in [-0.1, -0.05) is 35.8 Å². The van der Waals surface area contributed by atoms with Crippen molar-refractivity contribution in [1.29, 1.82) is 0 Å². The smallest absolute Gasteiger partial charge is 0.410 e. The number of carbonyl (C=O) groups is 1. The highest BCUT2D eigenvalue weighted by Crippen LogP contribution is 2.22. The molecule has 1 aromatic rings. The number of carbonyl (C=O) groups excluding carboxylic acids is 1. The fourth-order valence-corrected chi connectivity index (χ4v) is 2.12. The molecule has 104 valence electrons. The van der Waals surface area contributed by atoms with E-state index in [4.69, 9.17) is 12.6 Å². The van der Waals surface area contributed by atoms with Crippen LogP contribution >= 0.6 is 0 Å². The van der Waals surface area contributed by atoms with Crippen LogP contribution in [0.4, 0.5) is 4.79 Å². The molecule has 0 fully saturated rings. The van der Waals surface area contributed by atoms with Crippen molar-refractivity contribution in [1.82, 2.24) is 4.90 Å². The summed E-state index contributed by atoms with van der Waals surface area (Å²) in [6.45, 7) is 6.92. The van der Waals surface area contributed by atoms with Gasteiger partial charge in [0.15, 0.2) is 0 Å². The standard InChI is InChI=1S/C16H20BNO2/c1-16(2,3)20-15(19)18-10-8-13(9-11-18)12-4-6-14(17)7-5-12/h4-8H,9-11H2,1-3H3. The van der Waals surface area contributed by atoms with Gasteiger partial charge in [0, 0.05) is 13.1 Å². The maximum absolute atomic E-state index is 12.0. The Kier molecular flexibility index (Phi) is 4.22. The zero-order valence-electron chi connectivity index (χ0n) is 12.3. The Morgan fingerprint density at radius 2 is 1.90 bits per heavy atom. The molecule has 20 heavy (non-hydrogen) atoms. The molecule has 1 aromatic carbocycles. The number of hydrogen-bond acceptors (Lipinski definition) is 2. The van der Waals surface area contributed by atoms with E-state index in [2.05, 4.69) is 6.08 Å². The van der Waals surface area contributed by atoms with E-state index < -0.39 is 5.60 Å². The SMILES string of the molecule is [B]c1ccc(C2=CCN(C(=O)OC(C)(C)C)CC2)cc1. The van der Waals surface area contributed by atoms with Gasteiger partial charge in [-0.2, -0.15) is 0 Å². The van der Waals surface area contributed by atoms with E-state index in [1.807, 2.05) is 45.0 Å². The molecule has 3 nitrogen and oxygen atoms in total. The van der Waals surface area contributed by atoms with Crippen molar-refractivity contribution in [3.05, 3.63) is 35.9 Å². The van der Waals surface area contributed by atoms with Crippen LogP contribution in [-0.4, -0.2) is 37.5 Å². The fraction of sp³-hybridized carbons (Fsp3) is 0.438. The Labute approximate surface area is 122 Å². The molecule has 0 aliphatic carbocycles. The Morgan fingerprint density at radius 1 is 1.25 bits per heavy atom. The molecule has 0 bridgehead atoms. The summed E-state index contributed by atoms with van der Waals surface area (Å²) in [5, 5.41) is 0. The number of rotatable bonds is 1. The average molecular weight is 269 g/mol. The van der Waals surface area contributed by atoms with Crippen LogP contribution in [0.25, 0.3) is 5.57 Å². The molecule has 2 radical (unpaired) electrons. The van der Waals surface area contributed by atoms with Crippen molar-refractivity contribution in [2.45, 2.75) is 32.8 Å². The Bertz CT molecular complexity index is 514. The number of amides is 1. The van der Waals surface area contributed by atoms with Gasteiger partial charge in [0.25, 0.3) is 0 Å². The minimum atomic E-state index is -0.446. The first-order valence-corrected chi connectivity index (χ1v) is 6.88. The van der Waals surface area contributed by atoms with Crippen molar-refractivity contribution in [3.8, 4) is 0 Å². The first-order valence-electron chi connectivity index (χ1n) is 6.88. The summed E-state index contributed by atoms with van der Waals surface area (Å²) in [7, 11) is 5.69.